The fourth-order valence-electron chi connectivity index (χ4n) is 1.11. The van der Waals surface area contributed by atoms with Crippen molar-refractivity contribution >= 4 is 22.5 Å². The van der Waals surface area contributed by atoms with Gasteiger partial charge in [0, 0.05) is 11.6 Å². The summed E-state index contributed by atoms with van der Waals surface area (Å²) in [6.07, 6.45) is 1.53. The maximum atomic E-state index is 13.1. The molecule has 0 bridgehead atoms. The third kappa shape index (κ3) is 0.898. The molecule has 1 aromatic heterocycles. The maximum absolute atomic E-state index is 13.1. The lowest BCUT2D eigenvalue weighted by molar-refractivity contribution is 0.591. The van der Waals surface area contributed by atoms with Crippen LogP contribution in [0.3, 0.4) is 0 Å². The van der Waals surface area contributed by atoms with Gasteiger partial charge in [0.25, 0.3) is 0 Å². The van der Waals surface area contributed by atoms with E-state index in [1.54, 1.807) is 6.07 Å². The Morgan fingerprint density at radius 3 is 2.83 bits per heavy atom. The van der Waals surface area contributed by atoms with Crippen LogP contribution in [0.5, 0.6) is 0 Å². The number of hydrogen-bond donors (Lipinski definition) is 1. The second-order valence-corrected chi connectivity index (χ2v) is 2.81. The molecular formula is C8H4ClF2N. The second-order valence-electron chi connectivity index (χ2n) is 2.43. The summed E-state index contributed by atoms with van der Waals surface area (Å²) in [4.78, 5) is 2.63. The van der Waals surface area contributed by atoms with E-state index in [0.717, 1.165) is 0 Å². The summed E-state index contributed by atoms with van der Waals surface area (Å²) in [7, 11) is 0. The zero-order chi connectivity index (χ0) is 8.72. The molecule has 1 nitrogen and oxygen atoms in total. The van der Waals surface area contributed by atoms with Crippen LogP contribution in [0.15, 0.2) is 18.3 Å². The minimum absolute atomic E-state index is 0.237. The molecule has 0 aliphatic rings. The van der Waals surface area contributed by atoms with E-state index in [1.807, 2.05) is 0 Å². The van der Waals surface area contributed by atoms with Crippen LogP contribution in [-0.2, 0) is 0 Å². The zero-order valence-corrected chi connectivity index (χ0v) is 6.62. The van der Waals surface area contributed by atoms with E-state index in [9.17, 15) is 8.78 Å². The Morgan fingerprint density at radius 1 is 1.33 bits per heavy atom. The standard InChI is InChI=1S/C8H4ClF2N/c9-6-5(10)3-4-1-2-12-8(4)7(6)11/h1-3,12H. The van der Waals surface area contributed by atoms with Crippen LogP contribution in [0.2, 0.25) is 5.02 Å². The summed E-state index contributed by atoms with van der Waals surface area (Å²) in [5, 5.41) is 0.0133. The third-order valence-electron chi connectivity index (χ3n) is 1.68. The van der Waals surface area contributed by atoms with E-state index in [0.29, 0.717) is 5.39 Å². The van der Waals surface area contributed by atoms with Gasteiger partial charge in [0.1, 0.15) is 10.8 Å². The van der Waals surface area contributed by atoms with E-state index in [-0.39, 0.29) is 5.52 Å². The Kier molecular flexibility index (Phi) is 1.54. The number of hydrogen-bond acceptors (Lipinski definition) is 0. The van der Waals surface area contributed by atoms with Crippen LogP contribution in [-0.4, -0.2) is 4.98 Å². The van der Waals surface area contributed by atoms with E-state index in [1.165, 1.54) is 12.3 Å². The molecule has 12 heavy (non-hydrogen) atoms. The molecule has 0 saturated heterocycles. The summed E-state index contributed by atoms with van der Waals surface area (Å²) in [6.45, 7) is 0. The van der Waals surface area contributed by atoms with Crippen molar-refractivity contribution in [2.45, 2.75) is 0 Å². The summed E-state index contributed by atoms with van der Waals surface area (Å²) in [5.41, 5.74) is 0.237. The molecular weight excluding hydrogens is 184 g/mol. The Balaban J connectivity index is 2.94. The number of fused-ring (bicyclic) bond motifs is 1. The first-order valence-corrected chi connectivity index (χ1v) is 3.68. The highest BCUT2D eigenvalue weighted by molar-refractivity contribution is 6.31. The van der Waals surface area contributed by atoms with Gasteiger partial charge >= 0.3 is 0 Å². The Hall–Kier alpha value is -1.09. The molecule has 0 saturated carbocycles. The fourth-order valence-corrected chi connectivity index (χ4v) is 1.26. The van der Waals surface area contributed by atoms with Crippen molar-refractivity contribution in [1.82, 2.24) is 4.98 Å². The number of nitrogens with one attached hydrogen (secondary N) is 1. The molecule has 1 aromatic carbocycles. The van der Waals surface area contributed by atoms with Crippen molar-refractivity contribution in [3.05, 3.63) is 35.0 Å². The highest BCUT2D eigenvalue weighted by Gasteiger charge is 2.11. The number of benzene rings is 1. The van der Waals surface area contributed by atoms with E-state index in [2.05, 4.69) is 4.98 Å². The van der Waals surface area contributed by atoms with Crippen LogP contribution in [0, 0.1) is 11.6 Å². The summed E-state index contributed by atoms with van der Waals surface area (Å²) in [5.74, 6) is -1.47. The van der Waals surface area contributed by atoms with Crippen LogP contribution in [0.25, 0.3) is 10.9 Å². The second kappa shape index (κ2) is 2.45. The molecule has 2 aromatic rings. The molecule has 1 N–H and O–H groups in total. The quantitative estimate of drug-likeness (QED) is 0.610. The first-order chi connectivity index (χ1) is 5.70. The number of halogens is 3. The zero-order valence-electron chi connectivity index (χ0n) is 5.87. The van der Waals surface area contributed by atoms with Crippen LogP contribution >= 0.6 is 11.6 Å². The molecule has 0 fully saturated rings. The molecule has 0 amide bonds. The molecule has 2 rings (SSSR count). The van der Waals surface area contributed by atoms with Gasteiger partial charge in [-0.25, -0.2) is 8.78 Å². The molecule has 4 heteroatoms. The minimum Gasteiger partial charge on any atom is -0.359 e. The van der Waals surface area contributed by atoms with Crippen molar-refractivity contribution in [2.24, 2.45) is 0 Å². The van der Waals surface area contributed by atoms with E-state index < -0.39 is 16.7 Å². The predicted octanol–water partition coefficient (Wildman–Crippen LogP) is 3.10. The highest BCUT2D eigenvalue weighted by atomic mass is 35.5. The van der Waals surface area contributed by atoms with Crippen LogP contribution in [0.1, 0.15) is 0 Å². The Labute approximate surface area is 72.0 Å². The average molecular weight is 188 g/mol. The van der Waals surface area contributed by atoms with E-state index >= 15 is 0 Å². The van der Waals surface area contributed by atoms with E-state index in [4.69, 9.17) is 11.6 Å². The van der Waals surface area contributed by atoms with Gasteiger partial charge in [0.05, 0.1) is 5.52 Å². The topological polar surface area (TPSA) is 15.8 Å². The first kappa shape index (κ1) is 7.55. The molecule has 0 spiro atoms. The highest BCUT2D eigenvalue weighted by Crippen LogP contribution is 2.26. The maximum Gasteiger partial charge on any atom is 0.168 e. The number of aromatic amines is 1. The number of rotatable bonds is 0. The van der Waals surface area contributed by atoms with Crippen molar-refractivity contribution in [3.63, 3.8) is 0 Å². The molecule has 0 unspecified atom stereocenters. The summed E-state index contributed by atoms with van der Waals surface area (Å²) >= 11 is 5.34. The van der Waals surface area contributed by atoms with Crippen LogP contribution in [0.4, 0.5) is 8.78 Å². The molecule has 1 heterocycles. The summed E-state index contributed by atoms with van der Waals surface area (Å²) < 4.78 is 25.9. The fraction of sp³-hybridized carbons (Fsp3) is 0. The van der Waals surface area contributed by atoms with Gasteiger partial charge in [-0.1, -0.05) is 11.6 Å². The van der Waals surface area contributed by atoms with Crippen molar-refractivity contribution < 1.29 is 8.78 Å². The van der Waals surface area contributed by atoms with Crippen molar-refractivity contribution in [2.75, 3.05) is 0 Å². The largest absolute Gasteiger partial charge is 0.359 e. The molecule has 0 aliphatic carbocycles. The first-order valence-electron chi connectivity index (χ1n) is 3.30. The van der Waals surface area contributed by atoms with Crippen molar-refractivity contribution in [3.8, 4) is 0 Å². The SMILES string of the molecule is Fc1cc2cc[nH]c2c(F)c1Cl. The van der Waals surface area contributed by atoms with Gasteiger partial charge in [0.15, 0.2) is 5.82 Å². The predicted molar refractivity (Wildman–Crippen MR) is 43.2 cm³/mol. The van der Waals surface area contributed by atoms with Gasteiger partial charge in [-0.15, -0.1) is 0 Å². The lowest BCUT2D eigenvalue weighted by atomic mass is 10.2. The van der Waals surface area contributed by atoms with Gasteiger partial charge in [-0.05, 0) is 12.1 Å². The monoisotopic (exact) mass is 187 g/mol. The third-order valence-corrected chi connectivity index (χ3v) is 2.03. The molecule has 0 aliphatic heterocycles. The van der Waals surface area contributed by atoms with Gasteiger partial charge < -0.3 is 4.98 Å². The molecule has 0 radical (unpaired) electrons. The Morgan fingerprint density at radius 2 is 2.08 bits per heavy atom. The van der Waals surface area contributed by atoms with Crippen molar-refractivity contribution in [1.29, 1.82) is 0 Å². The normalized spacial score (nSPS) is 10.9. The number of aromatic nitrogens is 1. The summed E-state index contributed by atoms with van der Waals surface area (Å²) in [6, 6.07) is 2.77. The Bertz CT molecular complexity index is 436. The average Bonchev–Trinajstić information content (AvgIpc) is 2.48. The smallest absolute Gasteiger partial charge is 0.168 e. The van der Waals surface area contributed by atoms with Gasteiger partial charge in [-0.3, -0.25) is 0 Å². The molecule has 62 valence electrons. The minimum atomic E-state index is -0.739. The van der Waals surface area contributed by atoms with Gasteiger partial charge in [0.2, 0.25) is 0 Å². The van der Waals surface area contributed by atoms with Crippen LogP contribution < -0.4 is 0 Å². The molecule has 0 atom stereocenters. The lowest BCUT2D eigenvalue weighted by Gasteiger charge is -1.97. The lowest BCUT2D eigenvalue weighted by Crippen LogP contribution is -1.84. The number of H-pyrrole nitrogens is 1. The van der Waals surface area contributed by atoms with Gasteiger partial charge in [-0.2, -0.15) is 0 Å².